The maximum Gasteiger partial charge on any atom is 0.167 e. The number of hydrogen-bond acceptors (Lipinski definition) is 4. The Hall–Kier alpha value is -6.20. The van der Waals surface area contributed by atoms with Crippen molar-refractivity contribution in [1.82, 2.24) is 19.5 Å². The summed E-state index contributed by atoms with van der Waals surface area (Å²) in [5.41, 5.74) is 22.7. The number of aromatic nitrogens is 4. The third-order valence-corrected chi connectivity index (χ3v) is 13.8. The van der Waals surface area contributed by atoms with Gasteiger partial charge in [0, 0.05) is 43.9 Å². The van der Waals surface area contributed by atoms with Crippen molar-refractivity contribution in [3.8, 4) is 51.0 Å². The Morgan fingerprint density at radius 1 is 0.367 bits per heavy atom. The Kier molecular flexibility index (Phi) is 9.02. The fourth-order valence-corrected chi connectivity index (χ4v) is 9.61. The first kappa shape index (κ1) is 38.0. The molecule has 0 aliphatic carbocycles. The zero-order valence-electron chi connectivity index (χ0n) is 36.1. The molecule has 15 heteroatoms. The number of furan rings is 1. The van der Waals surface area contributed by atoms with Crippen LogP contribution in [0.15, 0.2) is 114 Å². The van der Waals surface area contributed by atoms with E-state index in [-0.39, 0.29) is 0 Å². The summed E-state index contributed by atoms with van der Waals surface area (Å²) in [4.78, 5) is 16.1. The quantitative estimate of drug-likeness (QED) is 0.165. The number of fused-ring (bicyclic) bond motifs is 6. The summed E-state index contributed by atoms with van der Waals surface area (Å²) in [6, 6.07) is 38.8. The third kappa shape index (κ3) is 5.65. The average molecular weight is 759 g/mol. The zero-order valence-corrected chi connectivity index (χ0v) is 36.1. The molecule has 10 rings (SSSR count). The van der Waals surface area contributed by atoms with Crippen molar-refractivity contribution in [1.29, 1.82) is 0 Å². The monoisotopic (exact) mass is 760 g/mol. The van der Waals surface area contributed by atoms with E-state index in [4.69, 9.17) is 19.4 Å². The molecule has 0 spiro atoms. The average Bonchev–Trinajstić information content (AvgIpc) is 3.82. The molecule has 0 saturated heterocycles. The second kappa shape index (κ2) is 14.2. The van der Waals surface area contributed by atoms with Gasteiger partial charge in [0.1, 0.15) is 89.6 Å². The molecule has 274 valence electrons. The molecule has 0 radical (unpaired) electrons. The van der Waals surface area contributed by atoms with E-state index in [2.05, 4.69) is 192 Å². The molecule has 0 saturated carbocycles. The summed E-state index contributed by atoms with van der Waals surface area (Å²) in [6.07, 6.45) is 0. The molecule has 3 aromatic heterocycles. The molecule has 0 unspecified atom stereocenters. The molecule has 0 amide bonds. The van der Waals surface area contributed by atoms with Gasteiger partial charge in [0.25, 0.3) is 0 Å². The molecule has 3 heterocycles. The second-order valence-electron chi connectivity index (χ2n) is 16.7. The largest absolute Gasteiger partial charge is 0.455 e. The van der Waals surface area contributed by atoms with Gasteiger partial charge in [-0.1, -0.05) is 94.6 Å². The summed E-state index contributed by atoms with van der Waals surface area (Å²) in [5.74, 6) is 1.96. The van der Waals surface area contributed by atoms with Crippen molar-refractivity contribution in [3.05, 3.63) is 109 Å². The Morgan fingerprint density at radius 3 is 1.40 bits per heavy atom. The first-order valence-corrected chi connectivity index (χ1v) is 20.9. The lowest BCUT2D eigenvalue weighted by atomic mass is 9.60. The van der Waals surface area contributed by atoms with Gasteiger partial charge in [0.05, 0.1) is 16.6 Å². The topological polar surface area (TPSA) is 56.7 Å². The highest BCUT2D eigenvalue weighted by Crippen LogP contribution is 2.41. The molecule has 10 aromatic rings. The Bertz CT molecular complexity index is 3310. The summed E-state index contributed by atoms with van der Waals surface area (Å²) >= 11 is 0. The summed E-state index contributed by atoms with van der Waals surface area (Å²) in [7, 11) is 22.0. The first-order valence-electron chi connectivity index (χ1n) is 20.9. The van der Waals surface area contributed by atoms with Crippen molar-refractivity contribution < 1.29 is 4.42 Å². The highest BCUT2D eigenvalue weighted by atomic mass is 16.3. The predicted molar refractivity (Wildman–Crippen MR) is 285 cm³/mol. The summed E-state index contributed by atoms with van der Waals surface area (Å²) < 4.78 is 9.44. The lowest BCUT2D eigenvalue weighted by Gasteiger charge is -2.22. The van der Waals surface area contributed by atoms with Crippen LogP contribution >= 0.6 is 0 Å². The van der Waals surface area contributed by atoms with Crippen molar-refractivity contribution in [2.24, 2.45) is 0 Å². The third-order valence-electron chi connectivity index (χ3n) is 13.8. The van der Waals surface area contributed by atoms with Gasteiger partial charge in [-0.3, -0.25) is 0 Å². The number of benzene rings is 7. The number of para-hydroxylation sites is 4. The molecular weight excluding hydrogens is 721 g/mol. The Balaban J connectivity index is 1.21. The molecular formula is C45H38B10N4O. The van der Waals surface area contributed by atoms with Crippen LogP contribution < -0.4 is 54.6 Å². The van der Waals surface area contributed by atoms with Gasteiger partial charge in [-0.2, -0.15) is 0 Å². The minimum Gasteiger partial charge on any atom is -0.455 e. The molecule has 0 fully saturated rings. The van der Waals surface area contributed by atoms with Gasteiger partial charge < -0.3 is 8.98 Å². The van der Waals surface area contributed by atoms with Crippen molar-refractivity contribution in [2.75, 3.05) is 0 Å². The summed E-state index contributed by atoms with van der Waals surface area (Å²) in [5, 5.41) is 4.50. The molecule has 0 atom stereocenters. The van der Waals surface area contributed by atoms with Crippen LogP contribution in [0.3, 0.4) is 0 Å². The van der Waals surface area contributed by atoms with E-state index >= 15 is 0 Å². The number of nitrogens with zero attached hydrogens (tertiary/aromatic N) is 4. The molecule has 0 aliphatic rings. The van der Waals surface area contributed by atoms with Crippen molar-refractivity contribution in [2.45, 2.75) is 0 Å². The maximum absolute atomic E-state index is 7.09. The van der Waals surface area contributed by atoms with Crippen LogP contribution in [0.5, 0.6) is 0 Å². The minimum absolute atomic E-state index is 0.598. The molecule has 5 nitrogen and oxygen atoms in total. The van der Waals surface area contributed by atoms with Gasteiger partial charge in [-0.05, 0) is 42.0 Å². The van der Waals surface area contributed by atoms with Crippen molar-refractivity contribution in [3.63, 3.8) is 0 Å². The maximum atomic E-state index is 7.09. The molecule has 60 heavy (non-hydrogen) atoms. The van der Waals surface area contributed by atoms with Crippen LogP contribution in [-0.2, 0) is 0 Å². The number of rotatable bonds is 5. The Labute approximate surface area is 359 Å². The molecule has 0 aliphatic heterocycles. The van der Waals surface area contributed by atoms with Crippen LogP contribution in [0.25, 0.3) is 94.7 Å². The SMILES string of the molecule is Bc1c(B)c(B)c(-c2nc(-c3c(B)c(B)c(B)c(B)c3B)nc(-c3cccc4c3oc3c(-c5ccc6c(c5)c5ccccc5n6-c5ccccc5)cccc34)n2)c(B)c1B. The van der Waals surface area contributed by atoms with Crippen LogP contribution in [0, 0.1) is 0 Å². The second-order valence-corrected chi connectivity index (χ2v) is 16.7. The van der Waals surface area contributed by atoms with Gasteiger partial charge in [-0.25, -0.2) is 15.0 Å². The van der Waals surface area contributed by atoms with E-state index < -0.39 is 0 Å². The lowest BCUT2D eigenvalue weighted by molar-refractivity contribution is 0.670. The van der Waals surface area contributed by atoms with E-state index in [1.165, 1.54) is 76.4 Å². The fourth-order valence-electron chi connectivity index (χ4n) is 9.61. The Morgan fingerprint density at radius 2 is 0.817 bits per heavy atom. The van der Waals surface area contributed by atoms with E-state index in [1.807, 2.05) is 0 Å². The van der Waals surface area contributed by atoms with E-state index in [0.29, 0.717) is 17.5 Å². The van der Waals surface area contributed by atoms with Crippen LogP contribution in [0.4, 0.5) is 0 Å². The summed E-state index contributed by atoms with van der Waals surface area (Å²) in [6.45, 7) is 0. The highest BCUT2D eigenvalue weighted by Gasteiger charge is 2.24. The number of hydrogen-bond donors (Lipinski definition) is 0. The molecule has 0 N–H and O–H groups in total. The minimum atomic E-state index is 0.598. The van der Waals surface area contributed by atoms with Gasteiger partial charge >= 0.3 is 0 Å². The smallest absolute Gasteiger partial charge is 0.167 e. The molecule has 7 aromatic carbocycles. The molecule has 0 bridgehead atoms. The van der Waals surface area contributed by atoms with E-state index in [1.54, 1.807) is 0 Å². The van der Waals surface area contributed by atoms with Crippen LogP contribution in [0.2, 0.25) is 0 Å². The lowest BCUT2D eigenvalue weighted by Crippen LogP contribution is -2.55. The fraction of sp³-hybridized carbons (Fsp3) is 0. The first-order chi connectivity index (χ1) is 28.9. The van der Waals surface area contributed by atoms with Gasteiger partial charge in [0.2, 0.25) is 0 Å². The van der Waals surface area contributed by atoms with E-state index in [0.717, 1.165) is 55.4 Å². The van der Waals surface area contributed by atoms with Gasteiger partial charge in [-0.15, -0.1) is 32.8 Å². The zero-order chi connectivity index (χ0) is 41.7. The van der Waals surface area contributed by atoms with Crippen LogP contribution in [0.1, 0.15) is 0 Å². The predicted octanol–water partition coefficient (Wildman–Crippen LogP) is -5.88. The van der Waals surface area contributed by atoms with E-state index in [9.17, 15) is 0 Å². The standard InChI is InChI=1S/C45H38B10N4O/c46-31-29(32(47)36(51)39(54)35(31)50)44-56-43(57-45(58-44)30-33(48)37(52)40(55)38(53)34(30)49)25-14-7-13-24-23-12-6-11-21(41(23)60-42(24)25)19-16-17-28-26(18-19)22-10-4-5-15-27(22)59(28)20-8-2-1-3-9-20/h1-18H,46-55H2. The van der Waals surface area contributed by atoms with Crippen molar-refractivity contribution >= 4 is 177 Å². The van der Waals surface area contributed by atoms with Crippen LogP contribution in [-0.4, -0.2) is 98.0 Å². The van der Waals surface area contributed by atoms with Gasteiger partial charge in [0.15, 0.2) is 17.5 Å². The highest BCUT2D eigenvalue weighted by molar-refractivity contribution is 6.70. The normalized spacial score (nSPS) is 11.7.